The van der Waals surface area contributed by atoms with Crippen LogP contribution >= 0.6 is 11.6 Å². The van der Waals surface area contributed by atoms with Gasteiger partial charge in [0, 0.05) is 5.39 Å². The van der Waals surface area contributed by atoms with Crippen molar-refractivity contribution in [2.24, 2.45) is 0 Å². The van der Waals surface area contributed by atoms with Crippen molar-refractivity contribution in [3.63, 3.8) is 0 Å². The lowest BCUT2D eigenvalue weighted by atomic mass is 10.2. The van der Waals surface area contributed by atoms with Crippen LogP contribution < -0.4 is 0 Å². The van der Waals surface area contributed by atoms with Crippen LogP contribution in [-0.2, 0) is 6.42 Å². The average Bonchev–Trinajstić information content (AvgIpc) is 2.48. The van der Waals surface area contributed by atoms with Gasteiger partial charge in [-0.15, -0.1) is 0 Å². The Bertz CT molecular complexity index is 450. The molecule has 1 aromatic heterocycles. The van der Waals surface area contributed by atoms with Crippen molar-refractivity contribution in [2.45, 2.75) is 13.3 Å². The normalized spacial score (nSPS) is 11.0. The van der Waals surface area contributed by atoms with Crippen molar-refractivity contribution in [3.05, 3.63) is 28.7 Å². The maximum absolute atomic E-state index is 13.1. The van der Waals surface area contributed by atoms with E-state index in [0.29, 0.717) is 0 Å². The summed E-state index contributed by atoms with van der Waals surface area (Å²) in [6.45, 7) is 1.97. The number of aryl methyl sites for hydroxylation is 1. The molecule has 1 aromatic carbocycles. The Morgan fingerprint density at radius 2 is 2.31 bits per heavy atom. The highest BCUT2D eigenvalue weighted by Gasteiger charge is 2.07. The van der Waals surface area contributed by atoms with E-state index in [4.69, 9.17) is 11.6 Å². The van der Waals surface area contributed by atoms with E-state index >= 15 is 0 Å². The summed E-state index contributed by atoms with van der Waals surface area (Å²) in [6, 6.07) is 2.97. The highest BCUT2D eigenvalue weighted by Crippen LogP contribution is 2.23. The van der Waals surface area contributed by atoms with Crippen molar-refractivity contribution in [3.8, 4) is 0 Å². The molecule has 4 heteroatoms. The molecule has 0 aliphatic carbocycles. The second kappa shape index (κ2) is 3.00. The van der Waals surface area contributed by atoms with Gasteiger partial charge in [-0.05, 0) is 18.6 Å². The molecule has 2 aromatic rings. The Morgan fingerprint density at radius 1 is 1.54 bits per heavy atom. The fourth-order valence-corrected chi connectivity index (χ4v) is 1.50. The molecule has 0 amide bonds. The Kier molecular flexibility index (Phi) is 1.96. The Morgan fingerprint density at radius 3 is 3.00 bits per heavy atom. The third kappa shape index (κ3) is 1.29. The van der Waals surface area contributed by atoms with E-state index in [1.54, 1.807) is 6.07 Å². The first-order valence-corrected chi connectivity index (χ1v) is 4.42. The maximum Gasteiger partial charge on any atom is 0.142 e. The average molecular weight is 199 g/mol. The predicted molar refractivity (Wildman–Crippen MR) is 50.4 cm³/mol. The fraction of sp³-hybridized carbons (Fsp3) is 0.222. The van der Waals surface area contributed by atoms with Crippen LogP contribution in [0.15, 0.2) is 12.1 Å². The number of fused-ring (bicyclic) bond motifs is 1. The maximum atomic E-state index is 13.1. The molecular formula is C9H8ClFN2. The van der Waals surface area contributed by atoms with E-state index in [9.17, 15) is 4.39 Å². The molecule has 0 radical (unpaired) electrons. The predicted octanol–water partition coefficient (Wildman–Crippen LogP) is 2.92. The minimum Gasteiger partial charge on any atom is -0.277 e. The molecule has 1 heterocycles. The Labute approximate surface area is 79.7 Å². The first-order chi connectivity index (χ1) is 6.22. The number of hydrogen-bond donors (Lipinski definition) is 1. The van der Waals surface area contributed by atoms with E-state index in [1.165, 1.54) is 6.07 Å². The Hall–Kier alpha value is -1.09. The molecule has 2 rings (SSSR count). The molecule has 0 atom stereocenters. The minimum atomic E-state index is -0.398. The summed E-state index contributed by atoms with van der Waals surface area (Å²) in [4.78, 5) is 0. The number of H-pyrrole nitrogens is 1. The molecule has 1 N–H and O–H groups in total. The smallest absolute Gasteiger partial charge is 0.142 e. The molecule has 0 aliphatic rings. The van der Waals surface area contributed by atoms with Crippen LogP contribution in [-0.4, -0.2) is 10.2 Å². The fourth-order valence-electron chi connectivity index (χ4n) is 1.34. The number of hydrogen-bond acceptors (Lipinski definition) is 1. The van der Waals surface area contributed by atoms with Gasteiger partial charge in [-0.3, -0.25) is 5.10 Å². The molecule has 0 saturated heterocycles. The van der Waals surface area contributed by atoms with Crippen LogP contribution in [0.3, 0.4) is 0 Å². The molecule has 0 saturated carbocycles. The van der Waals surface area contributed by atoms with E-state index in [0.717, 1.165) is 23.0 Å². The molecule has 0 unspecified atom stereocenters. The number of nitrogens with zero attached hydrogens (tertiary/aromatic N) is 1. The van der Waals surface area contributed by atoms with Gasteiger partial charge in [0.2, 0.25) is 0 Å². The summed E-state index contributed by atoms with van der Waals surface area (Å²) < 4.78 is 13.1. The molecule has 0 aliphatic heterocycles. The van der Waals surface area contributed by atoms with Gasteiger partial charge in [0.05, 0.1) is 16.2 Å². The molecule has 0 spiro atoms. The Balaban J connectivity index is 2.77. The van der Waals surface area contributed by atoms with Gasteiger partial charge in [-0.2, -0.15) is 5.10 Å². The van der Waals surface area contributed by atoms with Gasteiger partial charge in [0.15, 0.2) is 0 Å². The SMILES string of the molecule is CCc1n[nH]c2cc(Cl)c(F)cc12. The van der Waals surface area contributed by atoms with Crippen LogP contribution in [0.5, 0.6) is 0 Å². The quantitative estimate of drug-likeness (QED) is 0.750. The van der Waals surface area contributed by atoms with E-state index in [-0.39, 0.29) is 5.02 Å². The third-order valence-electron chi connectivity index (χ3n) is 2.02. The lowest BCUT2D eigenvalue weighted by Gasteiger charge is -1.94. The third-order valence-corrected chi connectivity index (χ3v) is 2.31. The van der Waals surface area contributed by atoms with Crippen LogP contribution in [0.1, 0.15) is 12.6 Å². The summed E-state index contributed by atoms with van der Waals surface area (Å²) in [6.07, 6.45) is 0.779. The first-order valence-electron chi connectivity index (χ1n) is 4.04. The number of aromatic amines is 1. The van der Waals surface area contributed by atoms with E-state index in [1.807, 2.05) is 6.92 Å². The minimum absolute atomic E-state index is 0.124. The van der Waals surface area contributed by atoms with Gasteiger partial charge >= 0.3 is 0 Å². The monoisotopic (exact) mass is 198 g/mol. The zero-order chi connectivity index (χ0) is 9.42. The summed E-state index contributed by atoms with van der Waals surface area (Å²) in [7, 11) is 0. The molecule has 68 valence electrons. The summed E-state index contributed by atoms with van der Waals surface area (Å²) in [5.41, 5.74) is 1.65. The van der Waals surface area contributed by atoms with Crippen molar-refractivity contribution in [2.75, 3.05) is 0 Å². The number of halogens is 2. The molecule has 0 fully saturated rings. The van der Waals surface area contributed by atoms with Crippen molar-refractivity contribution in [1.29, 1.82) is 0 Å². The summed E-state index contributed by atoms with van der Waals surface area (Å²) in [5.74, 6) is -0.398. The van der Waals surface area contributed by atoms with Gasteiger partial charge in [0.1, 0.15) is 5.82 Å². The number of benzene rings is 1. The molecular weight excluding hydrogens is 191 g/mol. The number of nitrogens with one attached hydrogen (secondary N) is 1. The summed E-state index contributed by atoms with van der Waals surface area (Å²) >= 11 is 5.62. The molecule has 13 heavy (non-hydrogen) atoms. The zero-order valence-corrected chi connectivity index (χ0v) is 7.82. The largest absolute Gasteiger partial charge is 0.277 e. The molecule has 0 bridgehead atoms. The van der Waals surface area contributed by atoms with Crippen LogP contribution in [0.4, 0.5) is 4.39 Å². The van der Waals surface area contributed by atoms with Gasteiger partial charge in [-0.1, -0.05) is 18.5 Å². The van der Waals surface area contributed by atoms with Crippen LogP contribution in [0.2, 0.25) is 5.02 Å². The van der Waals surface area contributed by atoms with E-state index in [2.05, 4.69) is 10.2 Å². The van der Waals surface area contributed by atoms with Gasteiger partial charge in [0.25, 0.3) is 0 Å². The van der Waals surface area contributed by atoms with Gasteiger partial charge in [-0.25, -0.2) is 4.39 Å². The molecule has 2 nitrogen and oxygen atoms in total. The van der Waals surface area contributed by atoms with E-state index < -0.39 is 5.82 Å². The zero-order valence-electron chi connectivity index (χ0n) is 7.06. The topological polar surface area (TPSA) is 28.7 Å². The van der Waals surface area contributed by atoms with Gasteiger partial charge < -0.3 is 0 Å². The number of aromatic nitrogens is 2. The van der Waals surface area contributed by atoms with Crippen LogP contribution in [0, 0.1) is 5.82 Å². The number of rotatable bonds is 1. The second-order valence-electron chi connectivity index (χ2n) is 2.84. The lowest BCUT2D eigenvalue weighted by Crippen LogP contribution is -1.81. The second-order valence-corrected chi connectivity index (χ2v) is 3.24. The van der Waals surface area contributed by atoms with Crippen LogP contribution in [0.25, 0.3) is 10.9 Å². The van der Waals surface area contributed by atoms with Crippen molar-refractivity contribution >= 4 is 22.5 Å². The standard InChI is InChI=1S/C9H8ClFN2/c1-2-8-5-3-7(11)6(10)4-9(5)13-12-8/h3-4H,2H2,1H3,(H,12,13). The highest BCUT2D eigenvalue weighted by molar-refractivity contribution is 6.31. The highest BCUT2D eigenvalue weighted by atomic mass is 35.5. The summed E-state index contributed by atoms with van der Waals surface area (Å²) in [5, 5.41) is 7.79. The van der Waals surface area contributed by atoms with Crippen molar-refractivity contribution in [1.82, 2.24) is 10.2 Å². The lowest BCUT2D eigenvalue weighted by molar-refractivity contribution is 0.630. The van der Waals surface area contributed by atoms with Crippen molar-refractivity contribution < 1.29 is 4.39 Å². The first kappa shape index (κ1) is 8.51.